The average molecular weight is 276 g/mol. The van der Waals surface area contributed by atoms with Gasteiger partial charge in [-0.05, 0) is 57.5 Å². The maximum Gasteiger partial charge on any atom is 0.119 e. The summed E-state index contributed by atoms with van der Waals surface area (Å²) in [6, 6.07) is 9.66. The molecule has 3 heteroatoms. The molecule has 0 spiro atoms. The van der Waals surface area contributed by atoms with E-state index in [-0.39, 0.29) is 0 Å². The van der Waals surface area contributed by atoms with Crippen LogP contribution in [-0.2, 0) is 6.54 Å². The first-order chi connectivity index (χ1) is 9.69. The number of piperidine rings is 1. The maximum absolute atomic E-state index is 5.29. The molecule has 2 rings (SSSR count). The highest BCUT2D eigenvalue weighted by atomic mass is 16.5. The second kappa shape index (κ2) is 7.65. The van der Waals surface area contributed by atoms with Crippen LogP contribution in [0.3, 0.4) is 0 Å². The van der Waals surface area contributed by atoms with E-state index in [1.807, 2.05) is 6.07 Å². The van der Waals surface area contributed by atoms with Gasteiger partial charge in [0, 0.05) is 18.6 Å². The minimum atomic E-state index is 0.594. The molecule has 20 heavy (non-hydrogen) atoms. The van der Waals surface area contributed by atoms with Crippen LogP contribution in [0.15, 0.2) is 24.3 Å². The highest BCUT2D eigenvalue weighted by molar-refractivity contribution is 5.28. The average Bonchev–Trinajstić information content (AvgIpc) is 2.48. The molecule has 0 saturated carbocycles. The summed E-state index contributed by atoms with van der Waals surface area (Å²) in [6.45, 7) is 4.50. The number of methoxy groups -OCH3 is 1. The minimum absolute atomic E-state index is 0.594. The molecular formula is C17H28N2O. The smallest absolute Gasteiger partial charge is 0.119 e. The summed E-state index contributed by atoms with van der Waals surface area (Å²) in [4.78, 5) is 2.44. The second-order valence-corrected chi connectivity index (χ2v) is 6.00. The van der Waals surface area contributed by atoms with Crippen molar-refractivity contribution >= 4 is 0 Å². The fourth-order valence-electron chi connectivity index (χ4n) is 2.93. The Morgan fingerprint density at radius 2 is 2.25 bits per heavy atom. The molecule has 1 aromatic carbocycles. The van der Waals surface area contributed by atoms with Crippen LogP contribution < -0.4 is 10.1 Å². The Morgan fingerprint density at radius 1 is 1.40 bits per heavy atom. The Kier molecular flexibility index (Phi) is 5.86. The topological polar surface area (TPSA) is 24.5 Å². The van der Waals surface area contributed by atoms with Gasteiger partial charge in [0.2, 0.25) is 0 Å². The van der Waals surface area contributed by atoms with Crippen LogP contribution in [0.4, 0.5) is 0 Å². The van der Waals surface area contributed by atoms with Crippen LogP contribution in [-0.4, -0.2) is 37.7 Å². The number of nitrogens with one attached hydrogen (secondary N) is 1. The van der Waals surface area contributed by atoms with Crippen molar-refractivity contribution in [2.75, 3.05) is 20.7 Å². The van der Waals surface area contributed by atoms with E-state index in [9.17, 15) is 0 Å². The first kappa shape index (κ1) is 15.3. The van der Waals surface area contributed by atoms with Crippen molar-refractivity contribution in [3.8, 4) is 5.75 Å². The molecule has 1 saturated heterocycles. The van der Waals surface area contributed by atoms with E-state index >= 15 is 0 Å². The Bertz CT molecular complexity index is 402. The van der Waals surface area contributed by atoms with Crippen molar-refractivity contribution in [3.05, 3.63) is 29.8 Å². The summed E-state index contributed by atoms with van der Waals surface area (Å²) in [6.07, 6.45) is 5.28. The maximum atomic E-state index is 5.29. The third kappa shape index (κ3) is 4.50. The molecule has 3 nitrogen and oxygen atoms in total. The van der Waals surface area contributed by atoms with Gasteiger partial charge in [-0.2, -0.15) is 0 Å². The lowest BCUT2D eigenvalue weighted by molar-refractivity contribution is 0.209. The largest absolute Gasteiger partial charge is 0.497 e. The van der Waals surface area contributed by atoms with Gasteiger partial charge in [0.05, 0.1) is 7.11 Å². The lowest BCUT2D eigenvalue weighted by Gasteiger charge is -2.31. The predicted octanol–water partition coefficient (Wildman–Crippen LogP) is 3.05. The van der Waals surface area contributed by atoms with Crippen molar-refractivity contribution in [3.63, 3.8) is 0 Å². The van der Waals surface area contributed by atoms with Crippen molar-refractivity contribution in [1.82, 2.24) is 10.2 Å². The van der Waals surface area contributed by atoms with E-state index in [1.165, 1.54) is 37.8 Å². The molecule has 1 aliphatic rings. The minimum Gasteiger partial charge on any atom is -0.497 e. The molecule has 0 bridgehead atoms. The molecule has 112 valence electrons. The summed E-state index contributed by atoms with van der Waals surface area (Å²) in [5.74, 6) is 0.942. The summed E-state index contributed by atoms with van der Waals surface area (Å²) >= 11 is 0. The van der Waals surface area contributed by atoms with Gasteiger partial charge < -0.3 is 10.1 Å². The molecule has 1 heterocycles. The monoisotopic (exact) mass is 276 g/mol. The van der Waals surface area contributed by atoms with Crippen molar-refractivity contribution < 1.29 is 4.74 Å². The molecule has 1 aliphatic heterocycles. The first-order valence-corrected chi connectivity index (χ1v) is 7.75. The van der Waals surface area contributed by atoms with E-state index < -0.39 is 0 Å². The zero-order valence-corrected chi connectivity index (χ0v) is 13.1. The van der Waals surface area contributed by atoms with Gasteiger partial charge in [0.25, 0.3) is 0 Å². The molecule has 0 amide bonds. The second-order valence-electron chi connectivity index (χ2n) is 6.00. The highest BCUT2D eigenvalue weighted by Crippen LogP contribution is 2.18. The zero-order chi connectivity index (χ0) is 14.4. The highest BCUT2D eigenvalue weighted by Gasteiger charge is 2.18. The predicted molar refractivity (Wildman–Crippen MR) is 84.2 cm³/mol. The normalized spacial score (nSPS) is 20.9. The molecule has 0 aromatic heterocycles. The Balaban J connectivity index is 1.84. The van der Waals surface area contributed by atoms with Crippen LogP contribution >= 0.6 is 0 Å². The quantitative estimate of drug-likeness (QED) is 0.864. The van der Waals surface area contributed by atoms with Crippen LogP contribution in [0.2, 0.25) is 0 Å². The van der Waals surface area contributed by atoms with E-state index in [0.717, 1.165) is 12.3 Å². The molecular weight excluding hydrogens is 248 g/mol. The number of ether oxygens (including phenoxy) is 1. The third-order valence-corrected chi connectivity index (χ3v) is 4.36. The number of rotatable bonds is 6. The molecule has 1 N–H and O–H groups in total. The van der Waals surface area contributed by atoms with E-state index in [0.29, 0.717) is 12.1 Å². The van der Waals surface area contributed by atoms with Crippen LogP contribution in [0.1, 0.15) is 38.2 Å². The van der Waals surface area contributed by atoms with Crippen LogP contribution in [0, 0.1) is 0 Å². The van der Waals surface area contributed by atoms with Crippen molar-refractivity contribution in [2.45, 2.75) is 51.2 Å². The number of hydrogen-bond donors (Lipinski definition) is 1. The van der Waals surface area contributed by atoms with Crippen molar-refractivity contribution in [1.29, 1.82) is 0 Å². The van der Waals surface area contributed by atoms with Gasteiger partial charge in [-0.25, -0.2) is 0 Å². The Morgan fingerprint density at radius 3 is 2.95 bits per heavy atom. The molecule has 1 aromatic rings. The standard InChI is InChI=1S/C17H28N2O/c1-14(11-16-8-4-5-10-18-16)19(2)13-15-7-6-9-17(12-15)20-3/h6-7,9,12,14,16,18H,4-5,8,10-11,13H2,1-3H3. The molecule has 2 unspecified atom stereocenters. The lowest BCUT2D eigenvalue weighted by Crippen LogP contribution is -2.40. The Hall–Kier alpha value is -1.06. The zero-order valence-electron chi connectivity index (χ0n) is 13.1. The third-order valence-electron chi connectivity index (χ3n) is 4.36. The van der Waals surface area contributed by atoms with Crippen LogP contribution in [0.25, 0.3) is 0 Å². The fraction of sp³-hybridized carbons (Fsp3) is 0.647. The number of nitrogens with zero attached hydrogens (tertiary/aromatic N) is 1. The van der Waals surface area contributed by atoms with E-state index in [1.54, 1.807) is 7.11 Å². The number of benzene rings is 1. The first-order valence-electron chi connectivity index (χ1n) is 7.75. The molecule has 2 atom stereocenters. The van der Waals surface area contributed by atoms with Gasteiger partial charge in [-0.15, -0.1) is 0 Å². The van der Waals surface area contributed by atoms with E-state index in [2.05, 4.69) is 42.4 Å². The summed E-state index contributed by atoms with van der Waals surface area (Å²) in [5, 5.41) is 3.64. The molecule has 0 aliphatic carbocycles. The summed E-state index contributed by atoms with van der Waals surface area (Å²) in [7, 11) is 3.94. The Labute approximate surface area is 123 Å². The summed E-state index contributed by atoms with van der Waals surface area (Å²) in [5.41, 5.74) is 1.32. The molecule has 0 radical (unpaired) electrons. The van der Waals surface area contributed by atoms with Gasteiger partial charge in [0.15, 0.2) is 0 Å². The SMILES string of the molecule is COc1cccc(CN(C)C(C)CC2CCCCN2)c1. The van der Waals surface area contributed by atoms with Gasteiger partial charge in [0.1, 0.15) is 5.75 Å². The lowest BCUT2D eigenvalue weighted by atomic mass is 9.98. The summed E-state index contributed by atoms with van der Waals surface area (Å²) < 4.78 is 5.29. The van der Waals surface area contributed by atoms with Gasteiger partial charge in [-0.3, -0.25) is 4.90 Å². The van der Waals surface area contributed by atoms with Crippen molar-refractivity contribution in [2.24, 2.45) is 0 Å². The van der Waals surface area contributed by atoms with Gasteiger partial charge in [-0.1, -0.05) is 18.6 Å². The number of hydrogen-bond acceptors (Lipinski definition) is 3. The van der Waals surface area contributed by atoms with Gasteiger partial charge >= 0.3 is 0 Å². The van der Waals surface area contributed by atoms with E-state index in [4.69, 9.17) is 4.74 Å². The fourth-order valence-corrected chi connectivity index (χ4v) is 2.93. The molecule has 1 fully saturated rings. The van der Waals surface area contributed by atoms with Crippen LogP contribution in [0.5, 0.6) is 5.75 Å².